The van der Waals surface area contributed by atoms with E-state index in [1.54, 1.807) is 0 Å². The van der Waals surface area contributed by atoms with E-state index in [9.17, 15) is 14.4 Å². The van der Waals surface area contributed by atoms with Crippen LogP contribution in [0.5, 0.6) is 0 Å². The van der Waals surface area contributed by atoms with Gasteiger partial charge in [-0.25, -0.2) is 9.59 Å². The molecule has 0 aliphatic heterocycles. The molecule has 3 rings (SSSR count). The molecule has 0 radical (unpaired) electrons. The normalized spacial score (nSPS) is 12.1. The van der Waals surface area contributed by atoms with Gasteiger partial charge in [-0.15, -0.1) is 0 Å². The number of benzene rings is 3. The number of nitrogens with one attached hydrogen (secondary N) is 2. The first-order valence-electron chi connectivity index (χ1n) is 11.6. The van der Waals surface area contributed by atoms with Gasteiger partial charge in [-0.1, -0.05) is 91.0 Å². The van der Waals surface area contributed by atoms with E-state index in [2.05, 4.69) is 10.6 Å². The lowest BCUT2D eigenvalue weighted by molar-refractivity contribution is -0.148. The van der Waals surface area contributed by atoms with Crippen molar-refractivity contribution in [2.75, 3.05) is 5.75 Å². The third-order valence-corrected chi connectivity index (χ3v) is 6.27. The second-order valence-corrected chi connectivity index (χ2v) is 9.11. The smallest absolute Gasteiger partial charge is 0.408 e. The number of hydrogen-bond acceptors (Lipinski definition) is 6. The maximum Gasteiger partial charge on any atom is 0.408 e. The zero-order valence-electron chi connectivity index (χ0n) is 20.1. The summed E-state index contributed by atoms with van der Waals surface area (Å²) in [6, 6.07) is 26.6. The molecule has 0 fully saturated rings. The minimum atomic E-state index is -0.906. The van der Waals surface area contributed by atoms with E-state index >= 15 is 0 Å². The highest BCUT2D eigenvalue weighted by molar-refractivity contribution is 7.98. The number of amides is 2. The Bertz CT molecular complexity index is 1100. The van der Waals surface area contributed by atoms with Crippen LogP contribution in [-0.2, 0) is 38.0 Å². The van der Waals surface area contributed by atoms with E-state index in [1.807, 2.05) is 91.0 Å². The maximum atomic E-state index is 12.8. The summed E-state index contributed by atoms with van der Waals surface area (Å²) in [4.78, 5) is 37.7. The molecular weight excluding hydrogens is 476 g/mol. The van der Waals surface area contributed by atoms with E-state index in [0.717, 1.165) is 16.7 Å². The Morgan fingerprint density at radius 2 is 1.22 bits per heavy atom. The molecule has 2 amide bonds. The quantitative estimate of drug-likeness (QED) is 0.352. The lowest BCUT2D eigenvalue weighted by atomic mass is 10.2. The fourth-order valence-corrected chi connectivity index (χ4v) is 4.17. The van der Waals surface area contributed by atoms with Crippen molar-refractivity contribution >= 4 is 29.7 Å². The summed E-state index contributed by atoms with van der Waals surface area (Å²) in [5.41, 5.74) is 2.80. The second kappa shape index (κ2) is 14.6. The molecule has 0 spiro atoms. The highest BCUT2D eigenvalue weighted by Crippen LogP contribution is 2.14. The van der Waals surface area contributed by atoms with Gasteiger partial charge in [0.2, 0.25) is 5.91 Å². The number of alkyl carbamates (subject to hydrolysis) is 1. The molecule has 0 bridgehead atoms. The first-order valence-corrected chi connectivity index (χ1v) is 12.8. The van der Waals surface area contributed by atoms with Gasteiger partial charge >= 0.3 is 12.1 Å². The summed E-state index contributed by atoms with van der Waals surface area (Å²) in [7, 11) is 0. The van der Waals surface area contributed by atoms with Crippen LogP contribution in [0.3, 0.4) is 0 Å². The van der Waals surface area contributed by atoms with Crippen molar-refractivity contribution < 1.29 is 23.9 Å². The van der Waals surface area contributed by atoms with Crippen molar-refractivity contribution in [3.8, 4) is 0 Å². The second-order valence-electron chi connectivity index (χ2n) is 8.08. The zero-order chi connectivity index (χ0) is 25.6. The van der Waals surface area contributed by atoms with E-state index < -0.39 is 30.1 Å². The molecule has 2 atom stereocenters. The Morgan fingerprint density at radius 3 is 1.78 bits per heavy atom. The van der Waals surface area contributed by atoms with Crippen molar-refractivity contribution in [1.82, 2.24) is 10.6 Å². The Morgan fingerprint density at radius 1 is 0.722 bits per heavy atom. The Labute approximate surface area is 215 Å². The fourth-order valence-electron chi connectivity index (χ4n) is 3.17. The van der Waals surface area contributed by atoms with Crippen molar-refractivity contribution in [3.63, 3.8) is 0 Å². The summed E-state index contributed by atoms with van der Waals surface area (Å²) in [6.07, 6.45) is -0.719. The van der Waals surface area contributed by atoms with Gasteiger partial charge in [0.1, 0.15) is 25.3 Å². The molecule has 188 valence electrons. The lowest BCUT2D eigenvalue weighted by Crippen LogP contribution is -2.51. The first kappa shape index (κ1) is 26.8. The number of thioether (sulfide) groups is 1. The molecule has 8 heteroatoms. The van der Waals surface area contributed by atoms with Crippen LogP contribution in [0.4, 0.5) is 4.79 Å². The average molecular weight is 507 g/mol. The summed E-state index contributed by atoms with van der Waals surface area (Å²) < 4.78 is 10.6. The average Bonchev–Trinajstić information content (AvgIpc) is 2.91. The van der Waals surface area contributed by atoms with E-state index in [0.29, 0.717) is 11.5 Å². The molecule has 0 unspecified atom stereocenters. The Hall–Kier alpha value is -3.78. The fraction of sp³-hybridized carbons (Fsp3) is 0.250. The maximum absolute atomic E-state index is 12.8. The molecule has 0 saturated heterocycles. The van der Waals surface area contributed by atoms with Crippen molar-refractivity contribution in [1.29, 1.82) is 0 Å². The third-order valence-electron chi connectivity index (χ3n) is 5.16. The number of esters is 1. The molecule has 36 heavy (non-hydrogen) atoms. The molecule has 0 aliphatic carbocycles. The first-order chi connectivity index (χ1) is 17.5. The molecule has 2 N–H and O–H groups in total. The van der Waals surface area contributed by atoms with E-state index in [1.165, 1.54) is 18.7 Å². The van der Waals surface area contributed by atoms with Gasteiger partial charge in [-0.2, -0.15) is 11.8 Å². The van der Waals surface area contributed by atoms with Crippen LogP contribution >= 0.6 is 11.8 Å². The van der Waals surface area contributed by atoms with Crippen LogP contribution in [0.15, 0.2) is 91.0 Å². The van der Waals surface area contributed by atoms with Crippen molar-refractivity contribution in [2.24, 2.45) is 0 Å². The molecule has 0 heterocycles. The summed E-state index contributed by atoms with van der Waals surface area (Å²) in [5, 5.41) is 5.22. The molecule has 0 aromatic heterocycles. The zero-order valence-corrected chi connectivity index (χ0v) is 20.9. The highest BCUT2D eigenvalue weighted by Gasteiger charge is 2.26. The van der Waals surface area contributed by atoms with Gasteiger partial charge < -0.3 is 20.1 Å². The molecule has 0 saturated carbocycles. The minimum Gasteiger partial charge on any atom is -0.459 e. The number of carbonyl (C=O) groups excluding carboxylic acids is 3. The molecular formula is C28H30N2O5S. The van der Waals surface area contributed by atoms with Gasteiger partial charge in [0.05, 0.1) is 0 Å². The number of ether oxygens (including phenoxy) is 2. The monoisotopic (exact) mass is 506 g/mol. The van der Waals surface area contributed by atoms with Crippen LogP contribution in [0.25, 0.3) is 0 Å². The van der Waals surface area contributed by atoms with Crippen LogP contribution < -0.4 is 10.6 Å². The van der Waals surface area contributed by atoms with Gasteiger partial charge in [-0.05, 0) is 23.6 Å². The standard InChI is InChI=1S/C28H30N2O5S/c1-21(29-28(33)35-18-23-13-7-3-8-14-23)26(31)30-25(20-36-19-24-15-9-4-10-16-24)27(32)34-17-22-11-5-2-6-12-22/h2-16,21,25H,17-20H2,1H3,(H,29,33)(H,30,31)/t21-,25-/m0/s1. The minimum absolute atomic E-state index is 0.0889. The Kier molecular flexibility index (Phi) is 10.9. The molecule has 3 aromatic rings. The summed E-state index contributed by atoms with van der Waals surface area (Å²) in [5.74, 6) is -0.0432. The Balaban J connectivity index is 1.53. The van der Waals surface area contributed by atoms with Gasteiger partial charge in [0.25, 0.3) is 0 Å². The number of rotatable bonds is 12. The van der Waals surface area contributed by atoms with Crippen molar-refractivity contribution in [3.05, 3.63) is 108 Å². The van der Waals surface area contributed by atoms with E-state index in [4.69, 9.17) is 9.47 Å². The predicted octanol–water partition coefficient (Wildman–Crippen LogP) is 4.46. The largest absolute Gasteiger partial charge is 0.459 e. The number of carbonyl (C=O) groups is 3. The molecule has 0 aliphatic rings. The molecule has 7 nitrogen and oxygen atoms in total. The van der Waals surface area contributed by atoms with Gasteiger partial charge in [0.15, 0.2) is 0 Å². The summed E-state index contributed by atoms with van der Waals surface area (Å²) >= 11 is 1.51. The predicted molar refractivity (Wildman–Crippen MR) is 140 cm³/mol. The number of hydrogen-bond donors (Lipinski definition) is 2. The third kappa shape index (κ3) is 9.46. The van der Waals surface area contributed by atoms with Crippen molar-refractivity contribution in [2.45, 2.75) is 38.0 Å². The van der Waals surface area contributed by atoms with Crippen LogP contribution in [-0.4, -0.2) is 35.8 Å². The highest BCUT2D eigenvalue weighted by atomic mass is 32.2. The SMILES string of the molecule is C[C@H](NC(=O)OCc1ccccc1)C(=O)N[C@@H](CSCc1ccccc1)C(=O)OCc1ccccc1. The lowest BCUT2D eigenvalue weighted by Gasteiger charge is -2.20. The van der Waals surface area contributed by atoms with Gasteiger partial charge in [0, 0.05) is 11.5 Å². The topological polar surface area (TPSA) is 93.7 Å². The van der Waals surface area contributed by atoms with Crippen LogP contribution in [0.2, 0.25) is 0 Å². The van der Waals surface area contributed by atoms with Crippen LogP contribution in [0, 0.1) is 0 Å². The molecule has 3 aromatic carbocycles. The van der Waals surface area contributed by atoms with Gasteiger partial charge in [-0.3, -0.25) is 4.79 Å². The summed E-state index contributed by atoms with van der Waals surface area (Å²) in [6.45, 7) is 1.73. The van der Waals surface area contributed by atoms with Crippen LogP contribution in [0.1, 0.15) is 23.6 Å². The van der Waals surface area contributed by atoms with E-state index in [-0.39, 0.29) is 13.2 Å².